The van der Waals surface area contributed by atoms with Crippen molar-refractivity contribution in [2.24, 2.45) is 10.9 Å². The lowest BCUT2D eigenvalue weighted by molar-refractivity contribution is 0.121. The zero-order valence-corrected chi connectivity index (χ0v) is 17.4. The first-order chi connectivity index (χ1) is 15.3. The van der Waals surface area contributed by atoms with Crippen molar-refractivity contribution < 1.29 is 4.84 Å². The predicted octanol–water partition coefficient (Wildman–Crippen LogP) is 4.05. The second kappa shape index (κ2) is 8.98. The molecule has 0 bridgehead atoms. The molecule has 1 aliphatic heterocycles. The molecule has 2 heterocycles. The van der Waals surface area contributed by atoms with E-state index in [9.17, 15) is 0 Å². The molecule has 31 heavy (non-hydrogen) atoms. The molecule has 1 aliphatic carbocycles. The number of allylic oxidation sites excluding steroid dienone is 1. The van der Waals surface area contributed by atoms with Crippen molar-refractivity contribution in [3.63, 3.8) is 0 Å². The molecule has 3 N–H and O–H groups in total. The lowest BCUT2D eigenvalue weighted by atomic mass is 9.89. The number of hydrogen-bond donors (Lipinski definition) is 2. The molecular formula is C25H27N5O. The predicted molar refractivity (Wildman–Crippen MR) is 123 cm³/mol. The fraction of sp³-hybridized carbons (Fsp3) is 0.280. The maximum absolute atomic E-state index is 5.38. The molecule has 0 saturated carbocycles. The van der Waals surface area contributed by atoms with Crippen LogP contribution in [0.1, 0.15) is 29.8 Å². The summed E-state index contributed by atoms with van der Waals surface area (Å²) in [5.41, 5.74) is 5.72. The summed E-state index contributed by atoms with van der Waals surface area (Å²) in [6, 6.07) is 17.1. The topological polar surface area (TPSA) is 79.5 Å². The van der Waals surface area contributed by atoms with E-state index in [0.29, 0.717) is 18.7 Å². The van der Waals surface area contributed by atoms with Gasteiger partial charge in [0.05, 0.1) is 30.2 Å². The van der Waals surface area contributed by atoms with Crippen LogP contribution in [0.25, 0.3) is 11.0 Å². The number of dihydropyridines is 1. The fourth-order valence-electron chi connectivity index (χ4n) is 4.56. The Labute approximate surface area is 182 Å². The molecule has 1 aromatic heterocycles. The SMILES string of the molecule is NOCc1ccccc1CN(Cc1nc2ccccc2[nH]1)C1C=C2C=CC=NC2CC1. The fourth-order valence-corrected chi connectivity index (χ4v) is 4.56. The summed E-state index contributed by atoms with van der Waals surface area (Å²) < 4.78 is 0. The summed E-state index contributed by atoms with van der Waals surface area (Å²) >= 11 is 0. The van der Waals surface area contributed by atoms with Gasteiger partial charge in [-0.2, -0.15) is 0 Å². The minimum absolute atomic E-state index is 0.298. The van der Waals surface area contributed by atoms with E-state index in [1.54, 1.807) is 0 Å². The second-order valence-electron chi connectivity index (χ2n) is 8.17. The molecule has 158 valence electrons. The Hall–Kier alpha value is -3.06. The van der Waals surface area contributed by atoms with Crippen molar-refractivity contribution in [3.05, 3.63) is 89.3 Å². The first kappa shape index (κ1) is 19.9. The maximum Gasteiger partial charge on any atom is 0.121 e. The van der Waals surface area contributed by atoms with Crippen molar-refractivity contribution in [1.29, 1.82) is 0 Å². The smallest absolute Gasteiger partial charge is 0.121 e. The van der Waals surface area contributed by atoms with E-state index in [0.717, 1.165) is 48.4 Å². The summed E-state index contributed by atoms with van der Waals surface area (Å²) in [5.74, 6) is 6.36. The number of H-pyrrole nitrogens is 1. The van der Waals surface area contributed by atoms with E-state index in [1.807, 2.05) is 36.6 Å². The van der Waals surface area contributed by atoms with Crippen LogP contribution < -0.4 is 5.90 Å². The molecule has 0 spiro atoms. The highest BCUT2D eigenvalue weighted by Crippen LogP contribution is 2.29. The third kappa shape index (κ3) is 4.37. The molecule has 0 amide bonds. The molecule has 2 aliphatic rings. The summed E-state index contributed by atoms with van der Waals surface area (Å²) in [6.07, 6.45) is 10.6. The first-order valence-corrected chi connectivity index (χ1v) is 10.8. The van der Waals surface area contributed by atoms with Crippen LogP contribution in [0.3, 0.4) is 0 Å². The van der Waals surface area contributed by atoms with Crippen LogP contribution in [0.2, 0.25) is 0 Å². The van der Waals surface area contributed by atoms with Gasteiger partial charge in [0.25, 0.3) is 0 Å². The van der Waals surface area contributed by atoms with Crippen LogP contribution in [0.5, 0.6) is 0 Å². The number of hydrogen-bond acceptors (Lipinski definition) is 5. The van der Waals surface area contributed by atoms with Crippen LogP contribution >= 0.6 is 0 Å². The molecule has 0 fully saturated rings. The van der Waals surface area contributed by atoms with Gasteiger partial charge in [-0.05, 0) is 47.8 Å². The van der Waals surface area contributed by atoms with E-state index in [4.69, 9.17) is 15.7 Å². The molecule has 3 aromatic rings. The molecule has 0 radical (unpaired) electrons. The number of benzene rings is 2. The van der Waals surface area contributed by atoms with E-state index < -0.39 is 0 Å². The Morgan fingerprint density at radius 2 is 1.87 bits per heavy atom. The first-order valence-electron chi connectivity index (χ1n) is 10.8. The molecule has 0 saturated heterocycles. The normalized spacial score (nSPS) is 20.3. The van der Waals surface area contributed by atoms with E-state index in [-0.39, 0.29) is 0 Å². The standard InChI is InChI=1S/C25H27N5O/c26-31-17-20-7-2-1-6-19(20)15-30(16-25-28-23-9-3-4-10-24(23)29-25)21-11-12-22-18(14-21)8-5-13-27-22/h1-10,13-14,21-22H,11-12,15-17,26H2,(H,28,29). The minimum Gasteiger partial charge on any atom is -0.341 e. The van der Waals surface area contributed by atoms with Crippen LogP contribution in [0.15, 0.2) is 77.3 Å². The van der Waals surface area contributed by atoms with Gasteiger partial charge in [-0.3, -0.25) is 14.7 Å². The molecular weight excluding hydrogens is 386 g/mol. The number of aliphatic imine (C=N–C) groups is 1. The van der Waals surface area contributed by atoms with Gasteiger partial charge in [-0.15, -0.1) is 0 Å². The van der Waals surface area contributed by atoms with Gasteiger partial charge in [0.2, 0.25) is 0 Å². The van der Waals surface area contributed by atoms with E-state index >= 15 is 0 Å². The molecule has 6 heteroatoms. The Bertz CT molecular complexity index is 1110. The maximum atomic E-state index is 5.38. The highest BCUT2D eigenvalue weighted by atomic mass is 16.6. The minimum atomic E-state index is 0.298. The Balaban J connectivity index is 1.46. The average molecular weight is 414 g/mol. The van der Waals surface area contributed by atoms with E-state index in [1.165, 1.54) is 11.1 Å². The number of rotatable bonds is 7. The van der Waals surface area contributed by atoms with Crippen molar-refractivity contribution in [2.45, 2.75) is 44.6 Å². The number of aromatic nitrogens is 2. The number of aromatic amines is 1. The van der Waals surface area contributed by atoms with Gasteiger partial charge in [0.15, 0.2) is 0 Å². The largest absolute Gasteiger partial charge is 0.341 e. The summed E-state index contributed by atoms with van der Waals surface area (Å²) in [7, 11) is 0. The highest BCUT2D eigenvalue weighted by molar-refractivity contribution is 5.75. The van der Waals surface area contributed by atoms with E-state index in [2.05, 4.69) is 51.3 Å². The monoisotopic (exact) mass is 413 g/mol. The number of imidazole rings is 1. The van der Waals surface area contributed by atoms with Crippen LogP contribution in [-0.2, 0) is 24.5 Å². The summed E-state index contributed by atoms with van der Waals surface area (Å²) in [5, 5.41) is 0. The van der Waals surface area contributed by atoms with Crippen LogP contribution in [0.4, 0.5) is 0 Å². The van der Waals surface area contributed by atoms with Crippen LogP contribution in [-0.4, -0.2) is 33.2 Å². The van der Waals surface area contributed by atoms with Gasteiger partial charge < -0.3 is 4.98 Å². The van der Waals surface area contributed by atoms with Crippen molar-refractivity contribution >= 4 is 17.2 Å². The molecule has 5 rings (SSSR count). The average Bonchev–Trinajstić information content (AvgIpc) is 3.22. The molecule has 2 aromatic carbocycles. The quantitative estimate of drug-likeness (QED) is 0.573. The van der Waals surface area contributed by atoms with Crippen LogP contribution in [0, 0.1) is 0 Å². The second-order valence-corrected chi connectivity index (χ2v) is 8.17. The van der Waals surface area contributed by atoms with Gasteiger partial charge in [-0.1, -0.05) is 48.6 Å². The lowest BCUT2D eigenvalue weighted by Gasteiger charge is -2.35. The number of para-hydroxylation sites is 2. The third-order valence-corrected chi connectivity index (χ3v) is 6.14. The number of nitrogens with one attached hydrogen (secondary N) is 1. The Kier molecular flexibility index (Phi) is 5.76. The number of nitrogens with two attached hydrogens (primary N) is 1. The molecule has 6 nitrogen and oxygen atoms in total. The van der Waals surface area contributed by atoms with Gasteiger partial charge >= 0.3 is 0 Å². The molecule has 2 atom stereocenters. The zero-order chi connectivity index (χ0) is 21.0. The zero-order valence-electron chi connectivity index (χ0n) is 17.4. The van der Waals surface area contributed by atoms with Gasteiger partial charge in [0, 0.05) is 18.8 Å². The number of nitrogens with zero attached hydrogens (tertiary/aromatic N) is 3. The Morgan fingerprint density at radius 3 is 2.74 bits per heavy atom. The summed E-state index contributed by atoms with van der Waals surface area (Å²) in [6.45, 7) is 1.93. The molecule has 2 unspecified atom stereocenters. The lowest BCUT2D eigenvalue weighted by Crippen LogP contribution is -2.37. The van der Waals surface area contributed by atoms with Gasteiger partial charge in [0.1, 0.15) is 5.82 Å². The van der Waals surface area contributed by atoms with Crippen molar-refractivity contribution in [3.8, 4) is 0 Å². The Morgan fingerprint density at radius 1 is 1.03 bits per heavy atom. The van der Waals surface area contributed by atoms with Gasteiger partial charge in [-0.25, -0.2) is 10.9 Å². The van der Waals surface area contributed by atoms with Crippen molar-refractivity contribution in [1.82, 2.24) is 14.9 Å². The third-order valence-electron chi connectivity index (χ3n) is 6.14. The van der Waals surface area contributed by atoms with Crippen molar-refractivity contribution in [2.75, 3.05) is 0 Å². The summed E-state index contributed by atoms with van der Waals surface area (Å²) in [4.78, 5) is 20.4. The number of fused-ring (bicyclic) bond motifs is 2. The highest BCUT2D eigenvalue weighted by Gasteiger charge is 2.27.